The summed E-state index contributed by atoms with van der Waals surface area (Å²) in [4.78, 5) is 0. The summed E-state index contributed by atoms with van der Waals surface area (Å²) < 4.78 is 5.63. The molecule has 0 aliphatic carbocycles. The van der Waals surface area contributed by atoms with Crippen LogP contribution >= 0.6 is 0 Å². The zero-order valence-corrected chi connectivity index (χ0v) is 8.84. The molecule has 0 fully saturated rings. The molecule has 2 rings (SSSR count). The molecule has 0 bridgehead atoms. The molecule has 1 aliphatic rings. The van der Waals surface area contributed by atoms with Gasteiger partial charge in [-0.25, -0.2) is 0 Å². The van der Waals surface area contributed by atoms with Crippen LogP contribution in [0.3, 0.4) is 0 Å². The largest absolute Gasteiger partial charge is 0.489 e. The van der Waals surface area contributed by atoms with Crippen molar-refractivity contribution < 1.29 is 4.74 Å². The first kappa shape index (κ1) is 9.32. The molecule has 0 unspecified atom stereocenters. The van der Waals surface area contributed by atoms with E-state index in [2.05, 4.69) is 38.6 Å². The van der Waals surface area contributed by atoms with Crippen molar-refractivity contribution in [1.29, 1.82) is 0 Å². The molecule has 1 heteroatoms. The average Bonchev–Trinajstić information content (AvgIpc) is 2.16. The number of hydrogen-bond acceptors (Lipinski definition) is 1. The summed E-state index contributed by atoms with van der Waals surface area (Å²) in [7, 11) is 0. The van der Waals surface area contributed by atoms with Crippen LogP contribution in [0.25, 0.3) is 0 Å². The van der Waals surface area contributed by atoms with Crippen LogP contribution in [0.2, 0.25) is 0 Å². The highest BCUT2D eigenvalue weighted by molar-refractivity contribution is 5.42. The van der Waals surface area contributed by atoms with E-state index in [0.717, 1.165) is 17.7 Å². The van der Waals surface area contributed by atoms with E-state index in [9.17, 15) is 0 Å². The molecule has 1 aromatic carbocycles. The van der Waals surface area contributed by atoms with Crippen LogP contribution in [0.1, 0.15) is 30.9 Å². The first-order valence-electron chi connectivity index (χ1n) is 5.09. The molecule has 74 valence electrons. The highest BCUT2D eigenvalue weighted by atomic mass is 16.5. The van der Waals surface area contributed by atoms with Crippen molar-refractivity contribution >= 4 is 0 Å². The highest BCUT2D eigenvalue weighted by Gasteiger charge is 2.13. The first-order chi connectivity index (χ1) is 6.66. The van der Waals surface area contributed by atoms with Gasteiger partial charge < -0.3 is 4.74 Å². The molecule has 0 spiro atoms. The zero-order valence-electron chi connectivity index (χ0n) is 8.84. The van der Waals surface area contributed by atoms with Crippen molar-refractivity contribution in [3.63, 3.8) is 0 Å². The van der Waals surface area contributed by atoms with Gasteiger partial charge in [0.05, 0.1) is 0 Å². The third kappa shape index (κ3) is 1.67. The van der Waals surface area contributed by atoms with E-state index in [1.54, 1.807) is 0 Å². The second-order valence-corrected chi connectivity index (χ2v) is 4.24. The zero-order chi connectivity index (χ0) is 10.1. The quantitative estimate of drug-likeness (QED) is 0.614. The predicted octanol–water partition coefficient (Wildman–Crippen LogP) is 3.30. The predicted molar refractivity (Wildman–Crippen MR) is 58.9 cm³/mol. The fourth-order valence-corrected chi connectivity index (χ4v) is 1.71. The van der Waals surface area contributed by atoms with Crippen LogP contribution in [0.4, 0.5) is 0 Å². The van der Waals surface area contributed by atoms with Crippen molar-refractivity contribution in [3.05, 3.63) is 41.5 Å². The van der Waals surface area contributed by atoms with Gasteiger partial charge in [0.1, 0.15) is 12.4 Å². The van der Waals surface area contributed by atoms with Crippen molar-refractivity contribution in [2.75, 3.05) is 6.61 Å². The SMILES string of the molecule is C=C1COc2cc(C(C)C)ccc2C1. The molecule has 0 radical (unpaired) electrons. The van der Waals surface area contributed by atoms with Crippen molar-refractivity contribution in [1.82, 2.24) is 0 Å². The van der Waals surface area contributed by atoms with Gasteiger partial charge in [0.25, 0.3) is 0 Å². The molecule has 1 aliphatic heterocycles. The Morgan fingerprint density at radius 1 is 1.36 bits per heavy atom. The van der Waals surface area contributed by atoms with E-state index in [1.165, 1.54) is 11.1 Å². The Morgan fingerprint density at radius 3 is 2.86 bits per heavy atom. The minimum absolute atomic E-state index is 0.564. The lowest BCUT2D eigenvalue weighted by atomic mass is 9.97. The highest BCUT2D eigenvalue weighted by Crippen LogP contribution is 2.29. The first-order valence-corrected chi connectivity index (χ1v) is 5.09. The van der Waals surface area contributed by atoms with Gasteiger partial charge in [0.2, 0.25) is 0 Å². The molecular weight excluding hydrogens is 172 g/mol. The normalized spacial score (nSPS) is 15.2. The summed E-state index contributed by atoms with van der Waals surface area (Å²) in [5.41, 5.74) is 3.77. The third-order valence-electron chi connectivity index (χ3n) is 2.63. The lowest BCUT2D eigenvalue weighted by Gasteiger charge is -2.20. The Labute approximate surface area is 85.4 Å². The topological polar surface area (TPSA) is 9.23 Å². The minimum Gasteiger partial charge on any atom is -0.489 e. The Morgan fingerprint density at radius 2 is 2.14 bits per heavy atom. The average molecular weight is 188 g/mol. The van der Waals surface area contributed by atoms with Crippen LogP contribution in [0.15, 0.2) is 30.4 Å². The van der Waals surface area contributed by atoms with Crippen LogP contribution in [0.5, 0.6) is 5.75 Å². The van der Waals surface area contributed by atoms with E-state index >= 15 is 0 Å². The van der Waals surface area contributed by atoms with Gasteiger partial charge >= 0.3 is 0 Å². The van der Waals surface area contributed by atoms with E-state index in [1.807, 2.05) is 0 Å². The Bertz CT molecular complexity index is 363. The number of ether oxygens (including phenoxy) is 1. The fraction of sp³-hybridized carbons (Fsp3) is 0.385. The standard InChI is InChI=1S/C13H16O/c1-9(2)11-4-5-12-6-10(3)8-14-13(12)7-11/h4-5,7,9H,3,6,8H2,1-2H3. The second-order valence-electron chi connectivity index (χ2n) is 4.24. The molecule has 1 nitrogen and oxygen atoms in total. The number of benzene rings is 1. The Balaban J connectivity index is 2.36. The Kier molecular flexibility index (Phi) is 2.32. The summed E-state index contributed by atoms with van der Waals surface area (Å²) in [6, 6.07) is 6.51. The van der Waals surface area contributed by atoms with E-state index in [-0.39, 0.29) is 0 Å². The van der Waals surface area contributed by atoms with Gasteiger partial charge in [-0.3, -0.25) is 0 Å². The molecule has 0 aromatic heterocycles. The number of fused-ring (bicyclic) bond motifs is 1. The summed E-state index contributed by atoms with van der Waals surface area (Å²) in [6.45, 7) is 9.02. The summed E-state index contributed by atoms with van der Waals surface area (Å²) >= 11 is 0. The molecule has 0 atom stereocenters. The molecular formula is C13H16O. The molecule has 0 saturated carbocycles. The van der Waals surface area contributed by atoms with Crippen LogP contribution in [-0.2, 0) is 6.42 Å². The van der Waals surface area contributed by atoms with E-state index < -0.39 is 0 Å². The minimum atomic E-state index is 0.564. The molecule has 1 heterocycles. The van der Waals surface area contributed by atoms with Crippen molar-refractivity contribution in [3.8, 4) is 5.75 Å². The van der Waals surface area contributed by atoms with Gasteiger partial charge in [-0.1, -0.05) is 32.6 Å². The molecule has 0 amide bonds. The fourth-order valence-electron chi connectivity index (χ4n) is 1.71. The van der Waals surface area contributed by atoms with Gasteiger partial charge in [0, 0.05) is 6.42 Å². The van der Waals surface area contributed by atoms with Gasteiger partial charge in [-0.2, -0.15) is 0 Å². The van der Waals surface area contributed by atoms with Gasteiger partial charge in [0.15, 0.2) is 0 Å². The number of hydrogen-bond donors (Lipinski definition) is 0. The lowest BCUT2D eigenvalue weighted by molar-refractivity contribution is 0.332. The van der Waals surface area contributed by atoms with E-state index in [4.69, 9.17) is 4.74 Å². The maximum absolute atomic E-state index is 5.63. The van der Waals surface area contributed by atoms with Gasteiger partial charge in [-0.05, 0) is 28.7 Å². The van der Waals surface area contributed by atoms with Crippen LogP contribution < -0.4 is 4.74 Å². The third-order valence-corrected chi connectivity index (χ3v) is 2.63. The molecule has 0 N–H and O–H groups in total. The summed E-state index contributed by atoms with van der Waals surface area (Å²) in [6.07, 6.45) is 0.966. The van der Waals surface area contributed by atoms with Crippen LogP contribution in [0, 0.1) is 0 Å². The molecule has 1 aromatic rings. The summed E-state index contributed by atoms with van der Waals surface area (Å²) in [5, 5.41) is 0. The second kappa shape index (κ2) is 3.49. The monoisotopic (exact) mass is 188 g/mol. The molecule has 0 saturated heterocycles. The number of rotatable bonds is 1. The smallest absolute Gasteiger partial charge is 0.123 e. The maximum Gasteiger partial charge on any atom is 0.123 e. The molecule has 14 heavy (non-hydrogen) atoms. The van der Waals surface area contributed by atoms with Crippen molar-refractivity contribution in [2.45, 2.75) is 26.2 Å². The Hall–Kier alpha value is -1.24. The van der Waals surface area contributed by atoms with Gasteiger partial charge in [-0.15, -0.1) is 0 Å². The van der Waals surface area contributed by atoms with E-state index in [0.29, 0.717) is 12.5 Å². The van der Waals surface area contributed by atoms with Crippen molar-refractivity contribution in [2.24, 2.45) is 0 Å². The maximum atomic E-state index is 5.63. The lowest BCUT2D eigenvalue weighted by Crippen LogP contribution is -2.11. The summed E-state index contributed by atoms with van der Waals surface area (Å²) in [5.74, 6) is 1.61. The van der Waals surface area contributed by atoms with Crippen LogP contribution in [-0.4, -0.2) is 6.61 Å².